The third kappa shape index (κ3) is 5.59. The summed E-state index contributed by atoms with van der Waals surface area (Å²) in [4.78, 5) is 0. The van der Waals surface area contributed by atoms with Crippen molar-refractivity contribution in [2.45, 2.75) is 57.8 Å². The average Bonchev–Trinajstić information content (AvgIpc) is 2.54. The highest BCUT2D eigenvalue weighted by Crippen LogP contribution is 2.15. The zero-order valence-electron chi connectivity index (χ0n) is 8.19. The van der Waals surface area contributed by atoms with Gasteiger partial charge in [0.2, 0.25) is 0 Å². The van der Waals surface area contributed by atoms with Crippen molar-refractivity contribution in [2.75, 3.05) is 13.2 Å². The molecule has 0 bridgehead atoms. The second kappa shape index (κ2) is 7.60. The fourth-order valence-electron chi connectivity index (χ4n) is 1.75. The molecular weight excluding hydrogens is 148 g/mol. The Hall–Kier alpha value is -0.0400. The third-order valence-electron chi connectivity index (χ3n) is 2.58. The van der Waals surface area contributed by atoms with Gasteiger partial charge in [-0.3, -0.25) is 0 Å². The minimum absolute atomic E-state index is 1.00. The molecule has 1 heterocycles. The molecule has 72 valence electrons. The van der Waals surface area contributed by atoms with Gasteiger partial charge >= 0.3 is 0 Å². The zero-order chi connectivity index (χ0) is 8.49. The van der Waals surface area contributed by atoms with Gasteiger partial charge in [-0.25, -0.2) is 0 Å². The van der Waals surface area contributed by atoms with Crippen molar-refractivity contribution in [3.63, 3.8) is 0 Å². The van der Waals surface area contributed by atoms with Gasteiger partial charge in [-0.15, -0.1) is 0 Å². The van der Waals surface area contributed by atoms with Crippen molar-refractivity contribution >= 4 is 0 Å². The first kappa shape index (κ1) is 10.0. The van der Waals surface area contributed by atoms with Gasteiger partial charge in [0.1, 0.15) is 0 Å². The van der Waals surface area contributed by atoms with Crippen LogP contribution in [0.1, 0.15) is 57.8 Å². The Morgan fingerprint density at radius 1 is 0.417 bits per heavy atom. The van der Waals surface area contributed by atoms with Crippen LogP contribution in [0.25, 0.3) is 0 Å². The number of hydrogen-bond donors (Lipinski definition) is 0. The molecule has 1 saturated carbocycles. The molecule has 1 aliphatic heterocycles. The van der Waals surface area contributed by atoms with Gasteiger partial charge in [-0.1, -0.05) is 44.9 Å². The SMILES string of the molecule is C1CCCCCC1.C1CCOC1. The highest BCUT2D eigenvalue weighted by atomic mass is 16.5. The summed E-state index contributed by atoms with van der Waals surface area (Å²) in [5.74, 6) is 0. The molecule has 1 heteroatoms. The quantitative estimate of drug-likeness (QED) is 0.505. The molecule has 0 aromatic rings. The van der Waals surface area contributed by atoms with Crippen LogP contribution in [-0.4, -0.2) is 13.2 Å². The van der Waals surface area contributed by atoms with E-state index in [2.05, 4.69) is 0 Å². The largest absolute Gasteiger partial charge is 0.381 e. The van der Waals surface area contributed by atoms with Crippen molar-refractivity contribution in [1.29, 1.82) is 0 Å². The zero-order valence-corrected chi connectivity index (χ0v) is 8.19. The Morgan fingerprint density at radius 3 is 0.917 bits per heavy atom. The number of rotatable bonds is 0. The first-order chi connectivity index (χ1) is 6.00. The second-order valence-electron chi connectivity index (χ2n) is 3.79. The van der Waals surface area contributed by atoms with E-state index in [1.165, 1.54) is 57.8 Å². The van der Waals surface area contributed by atoms with Crippen LogP contribution in [0.5, 0.6) is 0 Å². The smallest absolute Gasteiger partial charge is 0.0466 e. The Labute approximate surface area is 76.5 Å². The van der Waals surface area contributed by atoms with E-state index >= 15 is 0 Å². The normalized spacial score (nSPS) is 24.0. The molecular formula is C11H22O. The lowest BCUT2D eigenvalue weighted by molar-refractivity contribution is 0.198. The van der Waals surface area contributed by atoms with E-state index in [0.717, 1.165) is 13.2 Å². The number of ether oxygens (including phenoxy) is 1. The molecule has 0 aromatic heterocycles. The fraction of sp³-hybridized carbons (Fsp3) is 1.00. The van der Waals surface area contributed by atoms with Crippen molar-refractivity contribution < 1.29 is 4.74 Å². The van der Waals surface area contributed by atoms with Crippen LogP contribution < -0.4 is 0 Å². The maximum atomic E-state index is 4.94. The summed E-state index contributed by atoms with van der Waals surface area (Å²) in [5, 5.41) is 0. The molecule has 0 N–H and O–H groups in total. The van der Waals surface area contributed by atoms with E-state index in [0.29, 0.717) is 0 Å². The molecule has 0 amide bonds. The molecule has 0 radical (unpaired) electrons. The summed E-state index contributed by atoms with van der Waals surface area (Å²) in [6, 6.07) is 0. The van der Waals surface area contributed by atoms with Gasteiger partial charge in [0.25, 0.3) is 0 Å². The summed E-state index contributed by atoms with van der Waals surface area (Å²) in [5.41, 5.74) is 0. The first-order valence-electron chi connectivity index (χ1n) is 5.58. The lowest BCUT2D eigenvalue weighted by atomic mass is 10.2. The average molecular weight is 170 g/mol. The minimum atomic E-state index is 1.00. The van der Waals surface area contributed by atoms with E-state index in [4.69, 9.17) is 4.74 Å². The lowest BCUT2D eigenvalue weighted by Gasteiger charge is -1.85. The predicted octanol–water partition coefficient (Wildman–Crippen LogP) is 3.53. The molecule has 2 aliphatic rings. The van der Waals surface area contributed by atoms with Crippen LogP contribution >= 0.6 is 0 Å². The molecule has 1 aliphatic carbocycles. The van der Waals surface area contributed by atoms with Crippen molar-refractivity contribution in [1.82, 2.24) is 0 Å². The van der Waals surface area contributed by atoms with Crippen molar-refractivity contribution in [3.8, 4) is 0 Å². The Balaban J connectivity index is 0.000000127. The van der Waals surface area contributed by atoms with Gasteiger partial charge < -0.3 is 4.74 Å². The molecule has 0 spiro atoms. The fourth-order valence-corrected chi connectivity index (χ4v) is 1.75. The van der Waals surface area contributed by atoms with Crippen LogP contribution in [0.2, 0.25) is 0 Å². The molecule has 2 fully saturated rings. The molecule has 0 aromatic carbocycles. The second-order valence-corrected chi connectivity index (χ2v) is 3.79. The Kier molecular flexibility index (Phi) is 6.36. The summed E-state index contributed by atoms with van der Waals surface area (Å²) in [6.07, 6.45) is 13.1. The predicted molar refractivity (Wildman–Crippen MR) is 52.4 cm³/mol. The van der Waals surface area contributed by atoms with Crippen LogP contribution in [0, 0.1) is 0 Å². The molecule has 1 nitrogen and oxygen atoms in total. The summed E-state index contributed by atoms with van der Waals surface area (Å²) in [6.45, 7) is 2.00. The van der Waals surface area contributed by atoms with Crippen LogP contribution in [0.15, 0.2) is 0 Å². The maximum Gasteiger partial charge on any atom is 0.0466 e. The minimum Gasteiger partial charge on any atom is -0.381 e. The van der Waals surface area contributed by atoms with E-state index in [9.17, 15) is 0 Å². The van der Waals surface area contributed by atoms with E-state index < -0.39 is 0 Å². The molecule has 12 heavy (non-hydrogen) atoms. The Bertz CT molecular complexity index is 59.7. The molecule has 0 atom stereocenters. The summed E-state index contributed by atoms with van der Waals surface area (Å²) >= 11 is 0. The van der Waals surface area contributed by atoms with Crippen molar-refractivity contribution in [3.05, 3.63) is 0 Å². The number of hydrogen-bond acceptors (Lipinski definition) is 1. The van der Waals surface area contributed by atoms with E-state index in [-0.39, 0.29) is 0 Å². The molecule has 1 saturated heterocycles. The highest BCUT2D eigenvalue weighted by Gasteiger charge is 1.95. The summed E-state index contributed by atoms with van der Waals surface area (Å²) in [7, 11) is 0. The Morgan fingerprint density at radius 2 is 0.750 bits per heavy atom. The van der Waals surface area contributed by atoms with Gasteiger partial charge in [-0.05, 0) is 12.8 Å². The topological polar surface area (TPSA) is 9.23 Å². The lowest BCUT2D eigenvalue weighted by Crippen LogP contribution is -1.74. The van der Waals surface area contributed by atoms with Gasteiger partial charge in [0, 0.05) is 13.2 Å². The van der Waals surface area contributed by atoms with Gasteiger partial charge in [0.15, 0.2) is 0 Å². The maximum absolute atomic E-state index is 4.94. The van der Waals surface area contributed by atoms with Crippen molar-refractivity contribution in [2.24, 2.45) is 0 Å². The van der Waals surface area contributed by atoms with E-state index in [1.807, 2.05) is 0 Å². The summed E-state index contributed by atoms with van der Waals surface area (Å²) < 4.78 is 4.94. The highest BCUT2D eigenvalue weighted by molar-refractivity contribution is 4.51. The molecule has 2 rings (SSSR count). The first-order valence-corrected chi connectivity index (χ1v) is 5.58. The van der Waals surface area contributed by atoms with Crippen LogP contribution in [0.3, 0.4) is 0 Å². The van der Waals surface area contributed by atoms with Crippen LogP contribution in [-0.2, 0) is 4.74 Å². The standard InChI is InChI=1S/C7H14.C4H8O/c1-2-4-6-7-5-3-1;1-2-4-5-3-1/h1-7H2;1-4H2. The van der Waals surface area contributed by atoms with E-state index in [1.54, 1.807) is 0 Å². The third-order valence-corrected chi connectivity index (χ3v) is 2.58. The monoisotopic (exact) mass is 170 g/mol. The van der Waals surface area contributed by atoms with Gasteiger partial charge in [-0.2, -0.15) is 0 Å². The molecule has 0 unspecified atom stereocenters. The van der Waals surface area contributed by atoms with Crippen LogP contribution in [0.4, 0.5) is 0 Å². The van der Waals surface area contributed by atoms with Gasteiger partial charge in [0.05, 0.1) is 0 Å².